The summed E-state index contributed by atoms with van der Waals surface area (Å²) in [4.78, 5) is 8.91. The molecule has 0 aliphatic carbocycles. The van der Waals surface area contributed by atoms with Crippen LogP contribution in [0.4, 0.5) is 11.5 Å². The van der Waals surface area contributed by atoms with Gasteiger partial charge in [0.25, 0.3) is 0 Å². The van der Waals surface area contributed by atoms with E-state index in [1.54, 1.807) is 30.5 Å². The minimum atomic E-state index is -2.25. The summed E-state index contributed by atoms with van der Waals surface area (Å²) in [6.45, 7) is 0.330. The molecule has 2 aromatic rings. The number of benzene rings is 1. The van der Waals surface area contributed by atoms with Crippen molar-refractivity contribution < 1.29 is 14.1 Å². The molecular weight excluding hydrogens is 328 g/mol. The molecule has 8 heteroatoms. The summed E-state index contributed by atoms with van der Waals surface area (Å²) < 4.78 is 17.2. The van der Waals surface area contributed by atoms with Gasteiger partial charge in [-0.1, -0.05) is 0 Å². The van der Waals surface area contributed by atoms with Crippen molar-refractivity contribution >= 4 is 26.9 Å². The number of aliphatic hydroxyl groups excluding tert-OH is 1. The minimum absolute atomic E-state index is 0.0236. The van der Waals surface area contributed by atoms with Gasteiger partial charge in [0.15, 0.2) is 5.82 Å². The monoisotopic (exact) mass is 350 g/mol. The molecule has 0 amide bonds. The van der Waals surface area contributed by atoms with E-state index in [-0.39, 0.29) is 12.4 Å². The second-order valence-electron chi connectivity index (χ2n) is 5.50. The van der Waals surface area contributed by atoms with Crippen molar-refractivity contribution in [3.05, 3.63) is 30.0 Å². The third kappa shape index (κ3) is 4.84. The van der Waals surface area contributed by atoms with Gasteiger partial charge in [0, 0.05) is 24.4 Å². The summed E-state index contributed by atoms with van der Waals surface area (Å²) in [5.41, 5.74) is 7.69. The smallest absolute Gasteiger partial charge is 0.161 e. The van der Waals surface area contributed by atoms with E-state index in [4.69, 9.17) is 15.6 Å². The molecule has 0 aliphatic heterocycles. The quantitative estimate of drug-likeness (QED) is 0.504. The number of nitrogens with one attached hydrogen (secondary N) is 1. The van der Waals surface area contributed by atoms with Crippen LogP contribution >= 0.6 is 0 Å². The molecule has 0 saturated heterocycles. The summed E-state index contributed by atoms with van der Waals surface area (Å²) in [5.74, 6) is 5.44. The van der Waals surface area contributed by atoms with Crippen molar-refractivity contribution in [1.29, 1.82) is 0 Å². The zero-order chi connectivity index (χ0) is 17.7. The molecule has 7 nitrogen and oxygen atoms in total. The van der Waals surface area contributed by atoms with Gasteiger partial charge in [0.1, 0.15) is 11.6 Å². The summed E-state index contributed by atoms with van der Waals surface area (Å²) in [7, 11) is -0.707. The molecule has 130 valence electrons. The van der Waals surface area contributed by atoms with E-state index in [1.807, 2.05) is 0 Å². The van der Waals surface area contributed by atoms with Gasteiger partial charge in [-0.05, 0) is 33.6 Å². The van der Waals surface area contributed by atoms with E-state index in [1.165, 1.54) is 7.11 Å². The fraction of sp³-hybridized carbons (Fsp3) is 0.312. The lowest BCUT2D eigenvalue weighted by Gasteiger charge is -2.11. The summed E-state index contributed by atoms with van der Waals surface area (Å²) in [6.07, 6.45) is 1.59. The van der Waals surface area contributed by atoms with Gasteiger partial charge in [-0.25, -0.2) is 9.97 Å². The molecule has 2 rings (SSSR count). The maximum Gasteiger partial charge on any atom is 0.161 e. The van der Waals surface area contributed by atoms with Crippen LogP contribution in [0.2, 0.25) is 0 Å². The largest absolute Gasteiger partial charge is 0.495 e. The molecule has 0 fully saturated rings. The minimum Gasteiger partial charge on any atom is -0.495 e. The average molecular weight is 350 g/mol. The second-order valence-corrected chi connectivity index (χ2v) is 8.16. The zero-order valence-electron chi connectivity index (χ0n) is 13.8. The van der Waals surface area contributed by atoms with Crippen LogP contribution in [0.3, 0.4) is 0 Å². The number of nitrogens with two attached hydrogens (primary N) is 1. The molecule has 0 aliphatic rings. The number of hydrogen-bond acceptors (Lipinski definition) is 7. The van der Waals surface area contributed by atoms with Crippen molar-refractivity contribution in [2.75, 3.05) is 37.6 Å². The number of methoxy groups -OCH3 is 1. The van der Waals surface area contributed by atoms with Gasteiger partial charge >= 0.3 is 0 Å². The highest BCUT2D eigenvalue weighted by molar-refractivity contribution is 7.98. The highest BCUT2D eigenvalue weighted by Gasteiger charge is 2.11. The van der Waals surface area contributed by atoms with E-state index in [2.05, 4.69) is 21.2 Å². The van der Waals surface area contributed by atoms with Crippen molar-refractivity contribution in [3.63, 3.8) is 0 Å². The first-order valence-electron chi connectivity index (χ1n) is 7.29. The lowest BCUT2D eigenvalue weighted by atomic mass is 10.1. The molecular formula is C16H22N4O3S. The van der Waals surface area contributed by atoms with E-state index in [9.17, 15) is 4.21 Å². The number of aromatic nitrogens is 2. The standard InChI is InChI=1S/C16H22N4O3S/c1-23-14-8-11(4-5-13(14)17)16-19-12(10-24(2,3)22)9-15(20-16)18-6-7-21/h4-5,8-9,21H,2,6-7,10,17H2,1,3H3,(H,18,19,20). The zero-order valence-corrected chi connectivity index (χ0v) is 14.6. The molecule has 1 atom stereocenters. The molecule has 0 bridgehead atoms. The summed E-state index contributed by atoms with van der Waals surface area (Å²) in [5, 5.41) is 12.0. The molecule has 0 spiro atoms. The maximum absolute atomic E-state index is 12.0. The number of nitrogen functional groups attached to an aromatic ring is 1. The van der Waals surface area contributed by atoms with Crippen LogP contribution in [0.25, 0.3) is 11.4 Å². The number of hydrogen-bond donors (Lipinski definition) is 3. The number of nitrogens with zero attached hydrogens (tertiary/aromatic N) is 2. The highest BCUT2D eigenvalue weighted by Crippen LogP contribution is 2.28. The Morgan fingerprint density at radius 2 is 2.12 bits per heavy atom. The first-order chi connectivity index (χ1) is 11.3. The third-order valence-electron chi connectivity index (χ3n) is 3.14. The van der Waals surface area contributed by atoms with Crippen molar-refractivity contribution in [1.82, 2.24) is 9.97 Å². The van der Waals surface area contributed by atoms with Crippen LogP contribution in [-0.2, 0) is 15.3 Å². The van der Waals surface area contributed by atoms with Crippen LogP contribution < -0.4 is 15.8 Å². The molecule has 4 N–H and O–H groups in total. The predicted molar refractivity (Wildman–Crippen MR) is 98.9 cm³/mol. The Hall–Kier alpha value is -2.32. The lowest BCUT2D eigenvalue weighted by Crippen LogP contribution is -2.10. The van der Waals surface area contributed by atoms with Gasteiger partial charge in [-0.3, -0.25) is 4.21 Å². The van der Waals surface area contributed by atoms with E-state index in [0.717, 1.165) is 5.56 Å². The van der Waals surface area contributed by atoms with Gasteiger partial charge < -0.3 is 20.9 Å². The Balaban J connectivity index is 2.49. The first kappa shape index (κ1) is 18.0. The highest BCUT2D eigenvalue weighted by atomic mass is 32.2. The Morgan fingerprint density at radius 3 is 2.75 bits per heavy atom. The molecule has 1 heterocycles. The van der Waals surface area contributed by atoms with Gasteiger partial charge in [-0.15, -0.1) is 0 Å². The summed E-state index contributed by atoms with van der Waals surface area (Å²) in [6, 6.07) is 6.97. The Kier molecular flexibility index (Phi) is 5.63. The van der Waals surface area contributed by atoms with Gasteiger partial charge in [0.2, 0.25) is 0 Å². The molecule has 0 saturated carbocycles. The molecule has 1 aromatic heterocycles. The SMILES string of the molecule is C=S(C)(=O)Cc1cc(NCCO)nc(-c2ccc(N)c(OC)c2)n1. The lowest BCUT2D eigenvalue weighted by molar-refractivity contribution is 0.311. The van der Waals surface area contributed by atoms with Crippen LogP contribution in [0.5, 0.6) is 5.75 Å². The Morgan fingerprint density at radius 1 is 1.38 bits per heavy atom. The first-order valence-corrected chi connectivity index (χ1v) is 9.59. The number of anilines is 2. The summed E-state index contributed by atoms with van der Waals surface area (Å²) >= 11 is 0. The number of rotatable bonds is 7. The van der Waals surface area contributed by atoms with Crippen LogP contribution in [0, 0.1) is 0 Å². The van der Waals surface area contributed by atoms with Crippen molar-refractivity contribution in [2.45, 2.75) is 5.75 Å². The normalized spacial score (nSPS) is 13.3. The maximum atomic E-state index is 12.0. The van der Waals surface area contributed by atoms with Crippen LogP contribution in [0.15, 0.2) is 24.3 Å². The molecule has 0 radical (unpaired) electrons. The molecule has 24 heavy (non-hydrogen) atoms. The van der Waals surface area contributed by atoms with Crippen LogP contribution in [0.1, 0.15) is 5.69 Å². The predicted octanol–water partition coefficient (Wildman–Crippen LogP) is 0.985. The Bertz CT molecular complexity index is 822. The molecule has 1 unspecified atom stereocenters. The second kappa shape index (κ2) is 7.50. The topological polar surface area (TPSA) is 110 Å². The van der Waals surface area contributed by atoms with Gasteiger partial charge in [-0.2, -0.15) is 0 Å². The Labute approximate surface area is 141 Å². The molecule has 1 aromatic carbocycles. The van der Waals surface area contributed by atoms with E-state index < -0.39 is 9.52 Å². The van der Waals surface area contributed by atoms with E-state index in [0.29, 0.717) is 35.3 Å². The van der Waals surface area contributed by atoms with Crippen molar-refractivity contribution in [3.8, 4) is 17.1 Å². The third-order valence-corrected chi connectivity index (χ3v) is 4.05. The van der Waals surface area contributed by atoms with Crippen LogP contribution in [-0.4, -0.2) is 51.7 Å². The fourth-order valence-corrected chi connectivity index (χ4v) is 2.91. The van der Waals surface area contributed by atoms with E-state index >= 15 is 0 Å². The van der Waals surface area contributed by atoms with Crippen molar-refractivity contribution in [2.24, 2.45) is 0 Å². The fourth-order valence-electron chi connectivity index (χ4n) is 2.14. The average Bonchev–Trinajstić information content (AvgIpc) is 2.51. The number of ether oxygens (including phenoxy) is 1. The number of aliphatic hydroxyl groups is 1. The van der Waals surface area contributed by atoms with Gasteiger partial charge in [0.05, 0.1) is 30.9 Å².